The van der Waals surface area contributed by atoms with Crippen LogP contribution in [0.3, 0.4) is 0 Å². The lowest BCUT2D eigenvalue weighted by Crippen LogP contribution is -2.36. The zero-order valence-electron chi connectivity index (χ0n) is 16.0. The molecule has 0 unspecified atom stereocenters. The maximum absolute atomic E-state index is 11.8. The summed E-state index contributed by atoms with van der Waals surface area (Å²) >= 11 is 0. The fourth-order valence-electron chi connectivity index (χ4n) is 3.53. The summed E-state index contributed by atoms with van der Waals surface area (Å²) < 4.78 is 0. The van der Waals surface area contributed by atoms with E-state index < -0.39 is 0 Å². The Kier molecular flexibility index (Phi) is 5.28. The number of benzene rings is 2. The second-order valence-electron chi connectivity index (χ2n) is 6.98. The summed E-state index contributed by atoms with van der Waals surface area (Å²) in [5.41, 5.74) is 4.37. The number of fused-ring (bicyclic) bond motifs is 1. The van der Waals surface area contributed by atoms with Crippen LogP contribution in [0.25, 0.3) is 10.9 Å². The molecule has 0 aliphatic carbocycles. The number of nitrogens with zero attached hydrogens (tertiary/aromatic N) is 2. The molecule has 3 N–H and O–H groups in total. The van der Waals surface area contributed by atoms with Crippen LogP contribution in [0.5, 0.6) is 0 Å². The minimum Gasteiger partial charge on any atom is -0.357 e. The summed E-state index contributed by atoms with van der Waals surface area (Å²) in [6.45, 7) is 2.16. The minimum absolute atomic E-state index is 0.215. The first kappa shape index (κ1) is 18.1. The molecule has 6 nitrogen and oxygen atoms in total. The summed E-state index contributed by atoms with van der Waals surface area (Å²) in [6, 6.07) is 18.5. The third kappa shape index (κ3) is 4.01. The van der Waals surface area contributed by atoms with Gasteiger partial charge in [0.15, 0.2) is 5.96 Å². The summed E-state index contributed by atoms with van der Waals surface area (Å²) in [5, 5.41) is 7.87. The van der Waals surface area contributed by atoms with Crippen molar-refractivity contribution in [1.29, 1.82) is 0 Å². The SMILES string of the molecule is CN=C(NCc1ccc(N2CCCC2=O)cc1)NCc1cc2ccccc2[nH]1. The van der Waals surface area contributed by atoms with E-state index in [2.05, 4.69) is 50.9 Å². The minimum atomic E-state index is 0.215. The van der Waals surface area contributed by atoms with Crippen molar-refractivity contribution < 1.29 is 4.79 Å². The Morgan fingerprint density at radius 1 is 1.11 bits per heavy atom. The van der Waals surface area contributed by atoms with Gasteiger partial charge in [0.05, 0.1) is 6.54 Å². The number of hydrogen-bond donors (Lipinski definition) is 3. The number of amides is 1. The van der Waals surface area contributed by atoms with Crippen LogP contribution in [0.2, 0.25) is 0 Å². The number of nitrogens with one attached hydrogen (secondary N) is 3. The lowest BCUT2D eigenvalue weighted by atomic mass is 10.2. The van der Waals surface area contributed by atoms with Gasteiger partial charge in [-0.1, -0.05) is 30.3 Å². The van der Waals surface area contributed by atoms with E-state index in [1.165, 1.54) is 5.39 Å². The van der Waals surface area contributed by atoms with Gasteiger partial charge in [-0.3, -0.25) is 9.79 Å². The molecule has 1 fully saturated rings. The van der Waals surface area contributed by atoms with Crippen molar-refractivity contribution >= 4 is 28.5 Å². The number of aromatic amines is 1. The molecular formula is C22H25N5O. The molecule has 0 bridgehead atoms. The molecule has 0 atom stereocenters. The number of carbonyl (C=O) groups is 1. The van der Waals surface area contributed by atoms with E-state index in [-0.39, 0.29) is 5.91 Å². The molecule has 1 saturated heterocycles. The molecule has 1 amide bonds. The Hall–Kier alpha value is -3.28. The number of aromatic nitrogens is 1. The van der Waals surface area contributed by atoms with Gasteiger partial charge in [0.25, 0.3) is 0 Å². The third-order valence-electron chi connectivity index (χ3n) is 5.04. The first-order valence-electron chi connectivity index (χ1n) is 9.63. The summed E-state index contributed by atoms with van der Waals surface area (Å²) in [6.07, 6.45) is 1.60. The van der Waals surface area contributed by atoms with Gasteiger partial charge in [0.1, 0.15) is 0 Å². The van der Waals surface area contributed by atoms with Gasteiger partial charge in [-0.25, -0.2) is 0 Å². The molecule has 3 aromatic rings. The average molecular weight is 375 g/mol. The number of carbonyl (C=O) groups excluding carboxylic acids is 1. The van der Waals surface area contributed by atoms with E-state index in [9.17, 15) is 4.79 Å². The van der Waals surface area contributed by atoms with E-state index in [1.807, 2.05) is 29.2 Å². The van der Waals surface area contributed by atoms with Crippen LogP contribution in [-0.2, 0) is 17.9 Å². The molecule has 4 rings (SSSR count). The van der Waals surface area contributed by atoms with Crippen LogP contribution in [-0.4, -0.2) is 30.4 Å². The molecule has 28 heavy (non-hydrogen) atoms. The van der Waals surface area contributed by atoms with Crippen LogP contribution in [0.4, 0.5) is 5.69 Å². The predicted octanol–water partition coefficient (Wildman–Crippen LogP) is 3.16. The van der Waals surface area contributed by atoms with E-state index in [4.69, 9.17) is 0 Å². The quantitative estimate of drug-likeness (QED) is 0.474. The molecule has 1 aliphatic heterocycles. The topological polar surface area (TPSA) is 72.5 Å². The van der Waals surface area contributed by atoms with E-state index in [0.29, 0.717) is 19.5 Å². The summed E-state index contributed by atoms with van der Waals surface area (Å²) in [4.78, 5) is 21.4. The first-order chi connectivity index (χ1) is 13.7. The number of hydrogen-bond acceptors (Lipinski definition) is 2. The number of anilines is 1. The van der Waals surface area contributed by atoms with Crippen molar-refractivity contribution in [2.24, 2.45) is 4.99 Å². The maximum Gasteiger partial charge on any atom is 0.227 e. The fraction of sp³-hybridized carbons (Fsp3) is 0.273. The Morgan fingerprint density at radius 2 is 1.89 bits per heavy atom. The molecule has 2 heterocycles. The highest BCUT2D eigenvalue weighted by atomic mass is 16.2. The van der Waals surface area contributed by atoms with Crippen LogP contribution >= 0.6 is 0 Å². The van der Waals surface area contributed by atoms with Crippen molar-refractivity contribution in [2.45, 2.75) is 25.9 Å². The lowest BCUT2D eigenvalue weighted by Gasteiger charge is -2.16. The van der Waals surface area contributed by atoms with Crippen LogP contribution in [0.1, 0.15) is 24.1 Å². The Balaban J connectivity index is 1.31. The monoisotopic (exact) mass is 375 g/mol. The van der Waals surface area contributed by atoms with Gasteiger partial charge in [-0.2, -0.15) is 0 Å². The molecule has 6 heteroatoms. The molecule has 144 valence electrons. The number of rotatable bonds is 5. The van der Waals surface area contributed by atoms with Crippen LogP contribution in [0, 0.1) is 0 Å². The van der Waals surface area contributed by atoms with Gasteiger partial charge in [-0.15, -0.1) is 0 Å². The Morgan fingerprint density at radius 3 is 2.61 bits per heavy atom. The Labute approximate surface area is 164 Å². The molecule has 0 radical (unpaired) electrons. The van der Waals surface area contributed by atoms with Gasteiger partial charge < -0.3 is 20.5 Å². The van der Waals surface area contributed by atoms with Crippen LogP contribution in [0.15, 0.2) is 59.6 Å². The molecule has 0 saturated carbocycles. The highest BCUT2D eigenvalue weighted by Crippen LogP contribution is 2.21. The standard InChI is InChI=1S/C22H25N5O/c1-23-22(25-15-18-13-17-5-2-3-6-20(17)26-18)24-14-16-8-10-19(11-9-16)27-12-4-7-21(27)28/h2-3,5-6,8-11,13,26H,4,7,12,14-15H2,1H3,(H2,23,24,25). The fourth-order valence-corrected chi connectivity index (χ4v) is 3.53. The molecule has 0 spiro atoms. The highest BCUT2D eigenvalue weighted by molar-refractivity contribution is 5.95. The first-order valence-corrected chi connectivity index (χ1v) is 9.63. The lowest BCUT2D eigenvalue weighted by molar-refractivity contribution is -0.117. The number of aliphatic imine (C=N–C) groups is 1. The smallest absolute Gasteiger partial charge is 0.227 e. The number of para-hydroxylation sites is 1. The van der Waals surface area contributed by atoms with Crippen molar-refractivity contribution in [3.63, 3.8) is 0 Å². The third-order valence-corrected chi connectivity index (χ3v) is 5.04. The normalized spacial score (nSPS) is 14.7. The summed E-state index contributed by atoms with van der Waals surface area (Å²) in [7, 11) is 1.77. The van der Waals surface area contributed by atoms with Crippen molar-refractivity contribution in [3.05, 3.63) is 65.9 Å². The molecular weight excluding hydrogens is 350 g/mol. The molecule has 1 aliphatic rings. The van der Waals surface area contributed by atoms with E-state index in [0.717, 1.165) is 41.4 Å². The summed E-state index contributed by atoms with van der Waals surface area (Å²) in [5.74, 6) is 0.963. The predicted molar refractivity (Wildman–Crippen MR) is 113 cm³/mol. The highest BCUT2D eigenvalue weighted by Gasteiger charge is 2.21. The van der Waals surface area contributed by atoms with Crippen molar-refractivity contribution in [2.75, 3.05) is 18.5 Å². The number of guanidine groups is 1. The average Bonchev–Trinajstić information content (AvgIpc) is 3.34. The number of H-pyrrole nitrogens is 1. The van der Waals surface area contributed by atoms with E-state index in [1.54, 1.807) is 7.05 Å². The zero-order chi connectivity index (χ0) is 19.3. The van der Waals surface area contributed by atoms with Gasteiger partial charge in [0.2, 0.25) is 5.91 Å². The largest absolute Gasteiger partial charge is 0.357 e. The Bertz CT molecular complexity index is 957. The van der Waals surface area contributed by atoms with Crippen molar-refractivity contribution in [1.82, 2.24) is 15.6 Å². The van der Waals surface area contributed by atoms with Crippen molar-refractivity contribution in [3.8, 4) is 0 Å². The van der Waals surface area contributed by atoms with E-state index >= 15 is 0 Å². The molecule has 1 aromatic heterocycles. The van der Waals surface area contributed by atoms with Crippen LogP contribution < -0.4 is 15.5 Å². The maximum atomic E-state index is 11.8. The second kappa shape index (κ2) is 8.17. The second-order valence-corrected chi connectivity index (χ2v) is 6.98. The molecule has 2 aromatic carbocycles. The van der Waals surface area contributed by atoms with Gasteiger partial charge >= 0.3 is 0 Å². The van der Waals surface area contributed by atoms with Gasteiger partial charge in [-0.05, 0) is 41.6 Å². The van der Waals surface area contributed by atoms with Gasteiger partial charge in [0, 0.05) is 43.5 Å². The zero-order valence-corrected chi connectivity index (χ0v) is 16.0.